The van der Waals surface area contributed by atoms with Crippen LogP contribution >= 0.6 is 11.3 Å². The zero-order valence-electron chi connectivity index (χ0n) is 11.5. The van der Waals surface area contributed by atoms with Gasteiger partial charge in [0, 0.05) is 30.2 Å². The summed E-state index contributed by atoms with van der Waals surface area (Å²) in [5.41, 5.74) is 0.724. The van der Waals surface area contributed by atoms with Gasteiger partial charge in [-0.15, -0.1) is 11.3 Å². The van der Waals surface area contributed by atoms with Crippen LogP contribution in [0.25, 0.3) is 0 Å². The van der Waals surface area contributed by atoms with E-state index >= 15 is 0 Å². The van der Waals surface area contributed by atoms with E-state index in [0.717, 1.165) is 6.54 Å². The van der Waals surface area contributed by atoms with E-state index in [2.05, 4.69) is 34.8 Å². The smallest absolute Gasteiger partial charge is 0.339 e. The molecule has 0 aliphatic carbocycles. The van der Waals surface area contributed by atoms with Gasteiger partial charge in [0.25, 0.3) is 0 Å². The summed E-state index contributed by atoms with van der Waals surface area (Å²) in [5.74, 6) is -0.986. The van der Waals surface area contributed by atoms with Crippen molar-refractivity contribution in [3.8, 4) is 0 Å². The van der Waals surface area contributed by atoms with Crippen molar-refractivity contribution >= 4 is 17.3 Å². The third-order valence-corrected chi connectivity index (χ3v) is 3.91. The van der Waals surface area contributed by atoms with Gasteiger partial charge in [-0.1, -0.05) is 6.07 Å². The summed E-state index contributed by atoms with van der Waals surface area (Å²) in [7, 11) is 0. The van der Waals surface area contributed by atoms with Crippen molar-refractivity contribution in [3.63, 3.8) is 0 Å². The summed E-state index contributed by atoms with van der Waals surface area (Å²) < 4.78 is 0. The molecule has 0 radical (unpaired) electrons. The first kappa shape index (κ1) is 14.6. The standard InChI is InChI=1S/C14H17N3O2S/c1-10(2)17(7-11-4-3-5-20-11)8-13-12(14(18)19)6-15-9-16-13/h3-6,9-10H,7-8H2,1-2H3,(H,18,19). The lowest BCUT2D eigenvalue weighted by molar-refractivity contribution is 0.0692. The Labute approximate surface area is 121 Å². The molecule has 0 amide bonds. The Kier molecular flexibility index (Phi) is 4.81. The highest BCUT2D eigenvalue weighted by Crippen LogP contribution is 2.17. The highest BCUT2D eigenvalue weighted by molar-refractivity contribution is 7.09. The van der Waals surface area contributed by atoms with Crippen molar-refractivity contribution in [3.05, 3.63) is 46.2 Å². The van der Waals surface area contributed by atoms with Gasteiger partial charge in [0.05, 0.1) is 5.69 Å². The molecule has 2 aromatic heterocycles. The summed E-state index contributed by atoms with van der Waals surface area (Å²) in [6.07, 6.45) is 2.75. The van der Waals surface area contributed by atoms with Crippen LogP contribution in [0.4, 0.5) is 0 Å². The minimum absolute atomic E-state index is 0.171. The van der Waals surface area contributed by atoms with Crippen LogP contribution in [0, 0.1) is 0 Å². The minimum atomic E-state index is -0.986. The van der Waals surface area contributed by atoms with Gasteiger partial charge >= 0.3 is 5.97 Å². The van der Waals surface area contributed by atoms with Gasteiger partial charge in [0.1, 0.15) is 11.9 Å². The second-order valence-electron chi connectivity index (χ2n) is 4.77. The van der Waals surface area contributed by atoms with E-state index in [1.165, 1.54) is 17.4 Å². The number of carboxylic acids is 1. The maximum Gasteiger partial charge on any atom is 0.339 e. The molecule has 2 aromatic rings. The number of hydrogen-bond donors (Lipinski definition) is 1. The van der Waals surface area contributed by atoms with Crippen LogP contribution in [0.5, 0.6) is 0 Å². The monoisotopic (exact) mass is 291 g/mol. The van der Waals surface area contributed by atoms with Crippen molar-refractivity contribution in [2.45, 2.75) is 33.0 Å². The summed E-state index contributed by atoms with van der Waals surface area (Å²) in [6.45, 7) is 5.47. The molecule has 0 aromatic carbocycles. The second-order valence-corrected chi connectivity index (χ2v) is 5.80. The molecule has 0 bridgehead atoms. The predicted octanol–water partition coefficient (Wildman–Crippen LogP) is 2.65. The third-order valence-electron chi connectivity index (χ3n) is 3.05. The van der Waals surface area contributed by atoms with E-state index in [1.807, 2.05) is 11.4 Å². The van der Waals surface area contributed by atoms with E-state index in [4.69, 9.17) is 0 Å². The molecule has 2 heterocycles. The fourth-order valence-corrected chi connectivity index (χ4v) is 2.61. The Morgan fingerprint density at radius 1 is 1.45 bits per heavy atom. The molecule has 0 fully saturated rings. The van der Waals surface area contributed by atoms with Gasteiger partial charge in [0.2, 0.25) is 0 Å². The van der Waals surface area contributed by atoms with Gasteiger partial charge in [-0.2, -0.15) is 0 Å². The zero-order chi connectivity index (χ0) is 14.5. The molecule has 1 N–H and O–H groups in total. The van der Waals surface area contributed by atoms with E-state index in [1.54, 1.807) is 11.3 Å². The van der Waals surface area contributed by atoms with Crippen LogP contribution in [0.1, 0.15) is 34.8 Å². The molecular weight excluding hydrogens is 274 g/mol. The van der Waals surface area contributed by atoms with Crippen molar-refractivity contribution in [1.82, 2.24) is 14.9 Å². The van der Waals surface area contributed by atoms with Gasteiger partial charge in [-0.3, -0.25) is 4.90 Å². The summed E-state index contributed by atoms with van der Waals surface area (Å²) in [4.78, 5) is 22.6. The molecule has 6 heteroatoms. The van der Waals surface area contributed by atoms with Crippen molar-refractivity contribution in [1.29, 1.82) is 0 Å². The minimum Gasteiger partial charge on any atom is -0.478 e. The van der Waals surface area contributed by atoms with Gasteiger partial charge in [-0.05, 0) is 25.3 Å². The van der Waals surface area contributed by atoms with Crippen LogP contribution in [0.3, 0.4) is 0 Å². The average molecular weight is 291 g/mol. The maximum absolute atomic E-state index is 11.2. The van der Waals surface area contributed by atoms with E-state index in [-0.39, 0.29) is 5.56 Å². The maximum atomic E-state index is 11.2. The van der Waals surface area contributed by atoms with Crippen molar-refractivity contribution in [2.75, 3.05) is 0 Å². The number of aromatic carboxylic acids is 1. The average Bonchev–Trinajstić information content (AvgIpc) is 2.91. The largest absolute Gasteiger partial charge is 0.478 e. The summed E-state index contributed by atoms with van der Waals surface area (Å²) >= 11 is 1.70. The van der Waals surface area contributed by atoms with E-state index in [0.29, 0.717) is 18.3 Å². The Morgan fingerprint density at radius 2 is 2.25 bits per heavy atom. The number of aromatic nitrogens is 2. The molecule has 0 aliphatic rings. The quantitative estimate of drug-likeness (QED) is 0.886. The zero-order valence-corrected chi connectivity index (χ0v) is 12.3. The van der Waals surface area contributed by atoms with Crippen LogP contribution in [0.15, 0.2) is 30.0 Å². The van der Waals surface area contributed by atoms with Gasteiger partial charge < -0.3 is 5.11 Å². The molecule has 5 nitrogen and oxygen atoms in total. The number of carboxylic acid groups (broad SMARTS) is 1. The highest BCUT2D eigenvalue weighted by atomic mass is 32.1. The second kappa shape index (κ2) is 6.58. The number of thiophene rings is 1. The van der Waals surface area contributed by atoms with Gasteiger partial charge in [0.15, 0.2) is 0 Å². The predicted molar refractivity (Wildman–Crippen MR) is 77.7 cm³/mol. The fraction of sp³-hybridized carbons (Fsp3) is 0.357. The molecule has 0 aliphatic heterocycles. The first-order valence-electron chi connectivity index (χ1n) is 6.36. The summed E-state index contributed by atoms with van der Waals surface area (Å²) in [6, 6.07) is 4.40. The van der Waals surface area contributed by atoms with Crippen LogP contribution in [-0.2, 0) is 13.1 Å². The molecule has 0 saturated carbocycles. The Bertz CT molecular complexity index is 570. The number of rotatable bonds is 6. The number of carbonyl (C=O) groups is 1. The van der Waals surface area contributed by atoms with Crippen LogP contribution in [0.2, 0.25) is 0 Å². The van der Waals surface area contributed by atoms with E-state index in [9.17, 15) is 9.90 Å². The lowest BCUT2D eigenvalue weighted by Gasteiger charge is -2.25. The lowest BCUT2D eigenvalue weighted by Crippen LogP contribution is -2.30. The molecule has 20 heavy (non-hydrogen) atoms. The molecule has 0 spiro atoms. The number of nitrogens with zero attached hydrogens (tertiary/aromatic N) is 3. The van der Waals surface area contributed by atoms with Gasteiger partial charge in [-0.25, -0.2) is 14.8 Å². The van der Waals surface area contributed by atoms with Crippen LogP contribution in [-0.4, -0.2) is 32.0 Å². The lowest BCUT2D eigenvalue weighted by atomic mass is 10.2. The summed E-state index contributed by atoms with van der Waals surface area (Å²) in [5, 5.41) is 11.2. The molecule has 0 unspecified atom stereocenters. The van der Waals surface area contributed by atoms with Crippen molar-refractivity contribution < 1.29 is 9.90 Å². The first-order chi connectivity index (χ1) is 9.58. The Hall–Kier alpha value is -1.79. The molecular formula is C14H17N3O2S. The Balaban J connectivity index is 2.18. The third kappa shape index (κ3) is 3.61. The molecule has 2 rings (SSSR count). The SMILES string of the molecule is CC(C)N(Cc1cccs1)Cc1ncncc1C(=O)O. The van der Waals surface area contributed by atoms with Crippen LogP contribution < -0.4 is 0 Å². The number of hydrogen-bond acceptors (Lipinski definition) is 5. The van der Waals surface area contributed by atoms with E-state index < -0.39 is 5.97 Å². The highest BCUT2D eigenvalue weighted by Gasteiger charge is 2.17. The molecule has 0 saturated heterocycles. The topological polar surface area (TPSA) is 66.3 Å². The van der Waals surface area contributed by atoms with Crippen molar-refractivity contribution in [2.24, 2.45) is 0 Å². The molecule has 106 valence electrons. The first-order valence-corrected chi connectivity index (χ1v) is 7.24. The molecule has 0 atom stereocenters. The Morgan fingerprint density at radius 3 is 2.85 bits per heavy atom. The normalized spacial score (nSPS) is 11.2. The fourth-order valence-electron chi connectivity index (χ4n) is 1.88.